The van der Waals surface area contributed by atoms with Crippen molar-refractivity contribution in [2.24, 2.45) is 5.41 Å². The number of nitrogens with one attached hydrogen (secondary N) is 1. The third kappa shape index (κ3) is 3.46. The second-order valence-electron chi connectivity index (χ2n) is 4.70. The predicted octanol–water partition coefficient (Wildman–Crippen LogP) is 3.02. The van der Waals surface area contributed by atoms with Gasteiger partial charge >= 0.3 is 5.97 Å². The van der Waals surface area contributed by atoms with Crippen LogP contribution < -0.4 is 5.32 Å². The summed E-state index contributed by atoms with van der Waals surface area (Å²) in [6.07, 6.45) is 0. The van der Waals surface area contributed by atoms with Crippen molar-refractivity contribution in [1.29, 1.82) is 0 Å². The molecular weight excluding hydrogens is 242 g/mol. The monoisotopic (exact) mass is 255 g/mol. The summed E-state index contributed by atoms with van der Waals surface area (Å²) in [4.78, 5) is 22.4. The largest absolute Gasteiger partial charge is 0.478 e. The minimum atomic E-state index is -1.09. The van der Waals surface area contributed by atoms with E-state index in [1.54, 1.807) is 20.8 Å². The van der Waals surface area contributed by atoms with Crippen molar-refractivity contribution in [3.8, 4) is 0 Å². The number of amides is 1. The second kappa shape index (κ2) is 4.75. The Morgan fingerprint density at radius 1 is 1.29 bits per heavy atom. The van der Waals surface area contributed by atoms with Gasteiger partial charge in [-0.25, -0.2) is 4.79 Å². The molecule has 0 unspecified atom stereocenters. The van der Waals surface area contributed by atoms with E-state index in [9.17, 15) is 9.59 Å². The highest BCUT2D eigenvalue weighted by atomic mass is 35.5. The van der Waals surface area contributed by atoms with Crippen LogP contribution in [0.4, 0.5) is 5.69 Å². The fraction of sp³-hybridized carbons (Fsp3) is 0.333. The highest BCUT2D eigenvalue weighted by molar-refractivity contribution is 6.33. The van der Waals surface area contributed by atoms with Gasteiger partial charge in [0, 0.05) is 11.1 Å². The van der Waals surface area contributed by atoms with Gasteiger partial charge in [0.05, 0.1) is 10.6 Å². The summed E-state index contributed by atoms with van der Waals surface area (Å²) in [5, 5.41) is 11.6. The molecule has 0 heterocycles. The number of anilines is 1. The molecule has 0 aliphatic carbocycles. The van der Waals surface area contributed by atoms with Crippen LogP contribution >= 0.6 is 11.6 Å². The second-order valence-corrected chi connectivity index (χ2v) is 5.11. The number of carboxylic acids is 1. The van der Waals surface area contributed by atoms with E-state index in [1.807, 2.05) is 0 Å². The SMILES string of the molecule is CC(C)(C)C(=O)Nc1ccc(C(=O)O)c(Cl)c1. The first-order valence-electron chi connectivity index (χ1n) is 5.06. The standard InChI is InChI=1S/C12H14ClNO3/c1-12(2,3)11(17)14-7-4-5-8(10(15)16)9(13)6-7/h4-6H,1-3H3,(H,14,17)(H,15,16). The van der Waals surface area contributed by atoms with Crippen molar-refractivity contribution in [1.82, 2.24) is 0 Å². The van der Waals surface area contributed by atoms with Crippen LogP contribution in [0.1, 0.15) is 31.1 Å². The van der Waals surface area contributed by atoms with Gasteiger partial charge in [-0.3, -0.25) is 4.79 Å². The van der Waals surface area contributed by atoms with Gasteiger partial charge in [0.1, 0.15) is 0 Å². The number of rotatable bonds is 2. The third-order valence-corrected chi connectivity index (χ3v) is 2.45. The Labute approximate surface area is 105 Å². The number of hydrogen-bond donors (Lipinski definition) is 2. The molecule has 0 aliphatic rings. The molecule has 17 heavy (non-hydrogen) atoms. The van der Waals surface area contributed by atoms with Crippen LogP contribution in [-0.2, 0) is 4.79 Å². The molecule has 92 valence electrons. The Bertz CT molecular complexity index is 463. The summed E-state index contributed by atoms with van der Waals surface area (Å²) in [5.74, 6) is -1.25. The van der Waals surface area contributed by atoms with Crippen molar-refractivity contribution in [2.45, 2.75) is 20.8 Å². The number of carbonyl (C=O) groups is 2. The van der Waals surface area contributed by atoms with E-state index in [2.05, 4.69) is 5.32 Å². The van der Waals surface area contributed by atoms with E-state index >= 15 is 0 Å². The smallest absolute Gasteiger partial charge is 0.337 e. The van der Waals surface area contributed by atoms with Crippen molar-refractivity contribution in [3.63, 3.8) is 0 Å². The topological polar surface area (TPSA) is 66.4 Å². The summed E-state index contributed by atoms with van der Waals surface area (Å²) in [6.45, 7) is 5.36. The van der Waals surface area contributed by atoms with Gasteiger partial charge in [-0.1, -0.05) is 32.4 Å². The molecule has 0 aliphatic heterocycles. The van der Waals surface area contributed by atoms with Crippen molar-refractivity contribution < 1.29 is 14.7 Å². The number of carbonyl (C=O) groups excluding carboxylic acids is 1. The van der Waals surface area contributed by atoms with Crippen LogP contribution in [0.25, 0.3) is 0 Å². The first kappa shape index (κ1) is 13.5. The zero-order valence-corrected chi connectivity index (χ0v) is 10.6. The number of benzene rings is 1. The molecule has 1 rings (SSSR count). The van der Waals surface area contributed by atoms with Crippen LogP contribution in [0.15, 0.2) is 18.2 Å². The molecule has 0 atom stereocenters. The number of aromatic carboxylic acids is 1. The van der Waals surface area contributed by atoms with Crippen molar-refractivity contribution in [3.05, 3.63) is 28.8 Å². The quantitative estimate of drug-likeness (QED) is 0.854. The summed E-state index contributed by atoms with van der Waals surface area (Å²) in [6, 6.07) is 4.30. The van der Waals surface area contributed by atoms with Crippen LogP contribution in [0.2, 0.25) is 5.02 Å². The van der Waals surface area contributed by atoms with E-state index in [1.165, 1.54) is 18.2 Å². The summed E-state index contributed by atoms with van der Waals surface area (Å²) >= 11 is 5.79. The molecular formula is C12H14ClNO3. The molecule has 0 fully saturated rings. The fourth-order valence-corrected chi connectivity index (χ4v) is 1.35. The van der Waals surface area contributed by atoms with E-state index in [-0.39, 0.29) is 16.5 Å². The highest BCUT2D eigenvalue weighted by Gasteiger charge is 2.21. The molecule has 1 aromatic carbocycles. The third-order valence-electron chi connectivity index (χ3n) is 2.14. The van der Waals surface area contributed by atoms with Gasteiger partial charge in [-0.2, -0.15) is 0 Å². The number of halogens is 1. The van der Waals surface area contributed by atoms with E-state index in [0.717, 1.165) is 0 Å². The van der Waals surface area contributed by atoms with Crippen LogP contribution in [0.5, 0.6) is 0 Å². The minimum absolute atomic E-state index is 0.0143. The van der Waals surface area contributed by atoms with Gasteiger partial charge in [0.25, 0.3) is 0 Å². The maximum Gasteiger partial charge on any atom is 0.337 e. The maximum absolute atomic E-state index is 11.7. The Morgan fingerprint density at radius 3 is 2.29 bits per heavy atom. The minimum Gasteiger partial charge on any atom is -0.478 e. The summed E-state index contributed by atoms with van der Waals surface area (Å²) in [7, 11) is 0. The van der Waals surface area contributed by atoms with Gasteiger partial charge in [-0.15, -0.1) is 0 Å². The molecule has 0 spiro atoms. The molecule has 4 nitrogen and oxygen atoms in total. The zero-order chi connectivity index (χ0) is 13.2. The molecule has 1 aromatic rings. The maximum atomic E-state index is 11.7. The average molecular weight is 256 g/mol. The molecule has 0 radical (unpaired) electrons. The van der Waals surface area contributed by atoms with Crippen molar-refractivity contribution >= 4 is 29.2 Å². The molecule has 0 aromatic heterocycles. The van der Waals surface area contributed by atoms with E-state index in [4.69, 9.17) is 16.7 Å². The number of hydrogen-bond acceptors (Lipinski definition) is 2. The summed E-state index contributed by atoms with van der Waals surface area (Å²) < 4.78 is 0. The lowest BCUT2D eigenvalue weighted by Gasteiger charge is -2.17. The lowest BCUT2D eigenvalue weighted by molar-refractivity contribution is -0.123. The Morgan fingerprint density at radius 2 is 1.88 bits per heavy atom. The molecule has 2 N–H and O–H groups in total. The van der Waals surface area contributed by atoms with Gasteiger partial charge in [0.2, 0.25) is 5.91 Å². The normalized spacial score (nSPS) is 11.1. The molecule has 5 heteroatoms. The predicted molar refractivity (Wildman–Crippen MR) is 66.5 cm³/mol. The van der Waals surface area contributed by atoms with Crippen LogP contribution in [0, 0.1) is 5.41 Å². The molecule has 0 saturated carbocycles. The molecule has 0 saturated heterocycles. The first-order chi connectivity index (χ1) is 7.71. The first-order valence-corrected chi connectivity index (χ1v) is 5.44. The zero-order valence-electron chi connectivity index (χ0n) is 9.87. The van der Waals surface area contributed by atoms with E-state index < -0.39 is 11.4 Å². The van der Waals surface area contributed by atoms with E-state index in [0.29, 0.717) is 5.69 Å². The Hall–Kier alpha value is -1.55. The highest BCUT2D eigenvalue weighted by Crippen LogP contribution is 2.23. The lowest BCUT2D eigenvalue weighted by Crippen LogP contribution is -2.27. The van der Waals surface area contributed by atoms with Crippen LogP contribution in [0.3, 0.4) is 0 Å². The van der Waals surface area contributed by atoms with Crippen molar-refractivity contribution in [2.75, 3.05) is 5.32 Å². The fourth-order valence-electron chi connectivity index (χ4n) is 1.08. The van der Waals surface area contributed by atoms with Gasteiger partial charge < -0.3 is 10.4 Å². The average Bonchev–Trinajstić information content (AvgIpc) is 2.15. The van der Waals surface area contributed by atoms with Crippen LogP contribution in [-0.4, -0.2) is 17.0 Å². The molecule has 0 bridgehead atoms. The molecule has 1 amide bonds. The number of carboxylic acid groups (broad SMARTS) is 1. The Balaban J connectivity index is 2.92. The Kier molecular flexibility index (Phi) is 3.78. The summed E-state index contributed by atoms with van der Waals surface area (Å²) in [5.41, 5.74) is -0.0156. The van der Waals surface area contributed by atoms with Gasteiger partial charge in [-0.05, 0) is 18.2 Å². The lowest BCUT2D eigenvalue weighted by atomic mass is 9.95. The van der Waals surface area contributed by atoms with Gasteiger partial charge in [0.15, 0.2) is 0 Å².